The number of carbonyl (C=O) groups is 1. The lowest BCUT2D eigenvalue weighted by Gasteiger charge is -1.99. The van der Waals surface area contributed by atoms with E-state index in [4.69, 9.17) is 5.14 Å². The van der Waals surface area contributed by atoms with Crippen molar-refractivity contribution >= 4 is 16.3 Å². The van der Waals surface area contributed by atoms with Crippen LogP contribution < -0.4 is 5.14 Å². The second kappa shape index (κ2) is 3.23. The molecule has 1 aromatic carbocycles. The molecule has 0 unspecified atom stereocenters. The Labute approximate surface area is 74.2 Å². The van der Waals surface area contributed by atoms with Crippen molar-refractivity contribution in [1.82, 2.24) is 0 Å². The minimum atomic E-state index is -4.05. The lowest BCUT2D eigenvalue weighted by Crippen LogP contribution is -2.14. The van der Waals surface area contributed by atoms with Gasteiger partial charge >= 0.3 is 0 Å². The van der Waals surface area contributed by atoms with Crippen molar-refractivity contribution < 1.29 is 17.6 Å². The molecule has 0 aliphatic carbocycles. The zero-order chi connectivity index (χ0) is 10.1. The molecule has 70 valence electrons. The highest BCUT2D eigenvalue weighted by Gasteiger charge is 2.13. The lowest BCUT2D eigenvalue weighted by atomic mass is 10.2. The first kappa shape index (κ1) is 9.82. The molecule has 13 heavy (non-hydrogen) atoms. The van der Waals surface area contributed by atoms with Gasteiger partial charge in [0.1, 0.15) is 17.0 Å². The fourth-order valence-electron chi connectivity index (χ4n) is 0.821. The number of halogens is 1. The molecule has 4 nitrogen and oxygen atoms in total. The van der Waals surface area contributed by atoms with E-state index in [1.165, 1.54) is 6.07 Å². The van der Waals surface area contributed by atoms with Crippen LogP contribution in [0, 0.1) is 5.82 Å². The zero-order valence-corrected chi connectivity index (χ0v) is 7.21. The van der Waals surface area contributed by atoms with Crippen molar-refractivity contribution in [3.05, 3.63) is 29.6 Å². The van der Waals surface area contributed by atoms with Crippen LogP contribution in [-0.4, -0.2) is 14.7 Å². The Bertz CT molecular complexity index is 441. The third-order valence-corrected chi connectivity index (χ3v) is 2.34. The summed E-state index contributed by atoms with van der Waals surface area (Å²) >= 11 is 0. The number of hydrogen-bond acceptors (Lipinski definition) is 3. The van der Waals surface area contributed by atoms with Crippen LogP contribution in [0.15, 0.2) is 23.1 Å². The summed E-state index contributed by atoms with van der Waals surface area (Å²) in [6, 6.07) is 2.94. The normalized spacial score (nSPS) is 11.2. The Morgan fingerprint density at radius 3 is 2.38 bits per heavy atom. The summed E-state index contributed by atoms with van der Waals surface area (Å²) in [4.78, 5) is 9.56. The Hall–Kier alpha value is -1.27. The molecule has 1 rings (SSSR count). The number of benzene rings is 1. The SMILES string of the molecule is NS(=O)(=O)c1ccc(C=O)cc1F. The van der Waals surface area contributed by atoms with Crippen LogP contribution >= 0.6 is 0 Å². The number of sulfonamides is 1. The summed E-state index contributed by atoms with van der Waals surface area (Å²) in [5.74, 6) is -1.02. The molecule has 0 aliphatic heterocycles. The molecule has 0 atom stereocenters. The van der Waals surface area contributed by atoms with E-state index in [0.29, 0.717) is 6.29 Å². The van der Waals surface area contributed by atoms with Crippen LogP contribution in [0.3, 0.4) is 0 Å². The molecule has 0 radical (unpaired) electrons. The highest BCUT2D eigenvalue weighted by molar-refractivity contribution is 7.89. The summed E-state index contributed by atoms with van der Waals surface area (Å²) in [5, 5.41) is 4.69. The molecule has 0 amide bonds. The van der Waals surface area contributed by atoms with Crippen molar-refractivity contribution in [3.63, 3.8) is 0 Å². The third-order valence-electron chi connectivity index (χ3n) is 1.40. The maximum atomic E-state index is 12.9. The highest BCUT2D eigenvalue weighted by atomic mass is 32.2. The summed E-state index contributed by atoms with van der Waals surface area (Å²) in [5.41, 5.74) is 0.0601. The monoisotopic (exact) mass is 203 g/mol. The van der Waals surface area contributed by atoms with Gasteiger partial charge in [-0.25, -0.2) is 17.9 Å². The van der Waals surface area contributed by atoms with E-state index < -0.39 is 20.7 Å². The molecule has 0 aliphatic rings. The first-order chi connectivity index (χ1) is 5.95. The quantitative estimate of drug-likeness (QED) is 0.701. The predicted octanol–water partition coefficient (Wildman–Crippen LogP) is 0.286. The van der Waals surface area contributed by atoms with Gasteiger partial charge in [0.05, 0.1) is 0 Å². The topological polar surface area (TPSA) is 77.2 Å². The molecular weight excluding hydrogens is 197 g/mol. The average Bonchev–Trinajstić information content (AvgIpc) is 2.01. The molecular formula is C7H6FNO3S. The Morgan fingerprint density at radius 1 is 1.38 bits per heavy atom. The largest absolute Gasteiger partial charge is 0.298 e. The Balaban J connectivity index is 3.37. The van der Waals surface area contributed by atoms with E-state index in [0.717, 1.165) is 12.1 Å². The molecule has 0 bridgehead atoms. The Kier molecular flexibility index (Phi) is 2.44. The minimum absolute atomic E-state index is 0.0601. The molecule has 0 saturated heterocycles. The van der Waals surface area contributed by atoms with Crippen molar-refractivity contribution in [1.29, 1.82) is 0 Å². The fourth-order valence-corrected chi connectivity index (χ4v) is 1.41. The van der Waals surface area contributed by atoms with Gasteiger partial charge in [0.15, 0.2) is 0 Å². The van der Waals surface area contributed by atoms with Crippen LogP contribution in [0.5, 0.6) is 0 Å². The molecule has 0 saturated carbocycles. The van der Waals surface area contributed by atoms with Crippen LogP contribution in [0.2, 0.25) is 0 Å². The van der Waals surface area contributed by atoms with Gasteiger partial charge in [-0.1, -0.05) is 6.07 Å². The van der Waals surface area contributed by atoms with Gasteiger partial charge in [0, 0.05) is 5.56 Å². The number of hydrogen-bond donors (Lipinski definition) is 1. The van der Waals surface area contributed by atoms with Gasteiger partial charge in [-0.3, -0.25) is 4.79 Å². The van der Waals surface area contributed by atoms with Crippen LogP contribution in [-0.2, 0) is 10.0 Å². The number of rotatable bonds is 2. The highest BCUT2D eigenvalue weighted by Crippen LogP contribution is 2.13. The number of nitrogens with two attached hydrogens (primary N) is 1. The van der Waals surface area contributed by atoms with E-state index in [1.54, 1.807) is 0 Å². The van der Waals surface area contributed by atoms with Crippen LogP contribution in [0.4, 0.5) is 4.39 Å². The van der Waals surface area contributed by atoms with Gasteiger partial charge in [-0.05, 0) is 12.1 Å². The lowest BCUT2D eigenvalue weighted by molar-refractivity contribution is 0.112. The predicted molar refractivity (Wildman–Crippen MR) is 43.2 cm³/mol. The maximum absolute atomic E-state index is 12.9. The minimum Gasteiger partial charge on any atom is -0.298 e. The van der Waals surface area contributed by atoms with Crippen molar-refractivity contribution in [3.8, 4) is 0 Å². The van der Waals surface area contributed by atoms with Crippen LogP contribution in [0.25, 0.3) is 0 Å². The molecule has 0 aromatic heterocycles. The average molecular weight is 203 g/mol. The summed E-state index contributed by atoms with van der Waals surface area (Å²) < 4.78 is 34.3. The molecule has 2 N–H and O–H groups in total. The second-order valence-corrected chi connectivity index (χ2v) is 3.88. The smallest absolute Gasteiger partial charge is 0.240 e. The van der Waals surface area contributed by atoms with Crippen molar-refractivity contribution in [2.45, 2.75) is 4.90 Å². The van der Waals surface area contributed by atoms with Gasteiger partial charge in [-0.15, -0.1) is 0 Å². The van der Waals surface area contributed by atoms with Crippen molar-refractivity contribution in [2.75, 3.05) is 0 Å². The van der Waals surface area contributed by atoms with Gasteiger partial charge in [0.2, 0.25) is 10.0 Å². The zero-order valence-electron chi connectivity index (χ0n) is 6.40. The molecule has 1 aromatic rings. The van der Waals surface area contributed by atoms with E-state index in [-0.39, 0.29) is 5.56 Å². The number of carbonyl (C=O) groups excluding carboxylic acids is 1. The van der Waals surface area contributed by atoms with E-state index in [2.05, 4.69) is 0 Å². The third kappa shape index (κ3) is 2.10. The van der Waals surface area contributed by atoms with E-state index in [9.17, 15) is 17.6 Å². The van der Waals surface area contributed by atoms with E-state index >= 15 is 0 Å². The van der Waals surface area contributed by atoms with Gasteiger partial charge in [0.25, 0.3) is 0 Å². The van der Waals surface area contributed by atoms with Crippen LogP contribution in [0.1, 0.15) is 10.4 Å². The Morgan fingerprint density at radius 2 is 2.00 bits per heavy atom. The number of aldehydes is 1. The maximum Gasteiger partial charge on any atom is 0.240 e. The summed E-state index contributed by atoms with van der Waals surface area (Å²) in [7, 11) is -4.05. The molecule has 0 spiro atoms. The first-order valence-electron chi connectivity index (χ1n) is 3.22. The molecule has 0 heterocycles. The van der Waals surface area contributed by atoms with Gasteiger partial charge in [-0.2, -0.15) is 0 Å². The molecule has 0 fully saturated rings. The standard InChI is InChI=1S/C7H6FNO3S/c8-6-3-5(4-10)1-2-7(6)13(9,11)12/h1-4H,(H2,9,11,12). The second-order valence-electron chi connectivity index (χ2n) is 2.35. The fraction of sp³-hybridized carbons (Fsp3) is 0. The summed E-state index contributed by atoms with van der Waals surface area (Å²) in [6.07, 6.45) is 0.413. The van der Waals surface area contributed by atoms with Gasteiger partial charge < -0.3 is 0 Å². The molecule has 6 heteroatoms. The van der Waals surface area contributed by atoms with Crippen molar-refractivity contribution in [2.24, 2.45) is 5.14 Å². The summed E-state index contributed by atoms with van der Waals surface area (Å²) in [6.45, 7) is 0. The number of primary sulfonamides is 1. The first-order valence-corrected chi connectivity index (χ1v) is 4.77. The van der Waals surface area contributed by atoms with E-state index in [1.807, 2.05) is 0 Å².